The Labute approximate surface area is 162 Å². The van der Waals surface area contributed by atoms with Crippen LogP contribution >= 0.6 is 0 Å². The number of benzene rings is 1. The van der Waals surface area contributed by atoms with Gasteiger partial charge < -0.3 is 14.6 Å². The van der Waals surface area contributed by atoms with Gasteiger partial charge in [0.1, 0.15) is 11.9 Å². The normalized spacial score (nSPS) is 17.7. The second-order valence-corrected chi connectivity index (χ2v) is 8.00. The van der Waals surface area contributed by atoms with Crippen LogP contribution in [0.4, 0.5) is 0 Å². The summed E-state index contributed by atoms with van der Waals surface area (Å²) >= 11 is 0. The Kier molecular flexibility index (Phi) is 6.00. The van der Waals surface area contributed by atoms with Crippen LogP contribution in [0.15, 0.2) is 36.7 Å². The van der Waals surface area contributed by atoms with Crippen LogP contribution in [0.1, 0.15) is 62.5 Å². The molecular formula is C22H31N3O2. The molecule has 1 aromatic carbocycles. The minimum atomic E-state index is -0.278. The van der Waals surface area contributed by atoms with Gasteiger partial charge in [-0.2, -0.15) is 0 Å². The van der Waals surface area contributed by atoms with Crippen molar-refractivity contribution < 1.29 is 9.53 Å². The molecule has 5 nitrogen and oxygen atoms in total. The van der Waals surface area contributed by atoms with E-state index in [1.165, 1.54) is 11.1 Å². The monoisotopic (exact) mass is 369 g/mol. The lowest BCUT2D eigenvalue weighted by atomic mass is 9.74. The van der Waals surface area contributed by atoms with Crippen LogP contribution in [0.25, 0.3) is 0 Å². The number of carbonyl (C=O) groups is 1. The van der Waals surface area contributed by atoms with E-state index in [0.29, 0.717) is 6.54 Å². The fraction of sp³-hybridized carbons (Fsp3) is 0.545. The number of aryl methyl sites for hydroxylation is 1. The maximum absolute atomic E-state index is 12.9. The van der Waals surface area contributed by atoms with Crippen molar-refractivity contribution in [3.05, 3.63) is 53.6 Å². The Morgan fingerprint density at radius 1 is 1.22 bits per heavy atom. The molecule has 1 fully saturated rings. The van der Waals surface area contributed by atoms with Crippen molar-refractivity contribution in [1.82, 2.24) is 14.9 Å². The van der Waals surface area contributed by atoms with Gasteiger partial charge in [0, 0.05) is 43.5 Å². The Morgan fingerprint density at radius 3 is 2.52 bits per heavy atom. The van der Waals surface area contributed by atoms with Gasteiger partial charge in [-0.25, -0.2) is 4.98 Å². The summed E-state index contributed by atoms with van der Waals surface area (Å²) in [6, 6.07) is 8.42. The molecule has 5 heteroatoms. The van der Waals surface area contributed by atoms with E-state index in [-0.39, 0.29) is 23.3 Å². The number of hydrogen-bond donors (Lipinski definition) is 1. The predicted molar refractivity (Wildman–Crippen MR) is 107 cm³/mol. The third-order valence-corrected chi connectivity index (χ3v) is 5.73. The van der Waals surface area contributed by atoms with Crippen LogP contribution in [0.3, 0.4) is 0 Å². The smallest absolute Gasteiger partial charge is 0.242 e. The van der Waals surface area contributed by atoms with Crippen molar-refractivity contribution in [3.8, 4) is 0 Å². The van der Waals surface area contributed by atoms with Gasteiger partial charge in [0.15, 0.2) is 0 Å². The standard InChI is InChI=1S/C22H31N3O2/c1-16(2)20-23-11-12-25(20)18(4)21(26)24-15-22(9-13-27-14-10-22)19-7-5-17(3)6-8-19/h5-8,11-12,16,18H,9-10,13-15H2,1-4H3,(H,24,26)/t18-/m0/s1. The molecule has 0 unspecified atom stereocenters. The number of amides is 1. The highest BCUT2D eigenvalue weighted by Crippen LogP contribution is 2.34. The van der Waals surface area contributed by atoms with Gasteiger partial charge >= 0.3 is 0 Å². The average molecular weight is 370 g/mol. The summed E-state index contributed by atoms with van der Waals surface area (Å²) < 4.78 is 7.57. The highest BCUT2D eigenvalue weighted by Gasteiger charge is 2.35. The summed E-state index contributed by atoms with van der Waals surface area (Å²) in [4.78, 5) is 17.3. The first kappa shape index (κ1) is 19.6. The molecule has 2 heterocycles. The fourth-order valence-corrected chi connectivity index (χ4v) is 3.87. The van der Waals surface area contributed by atoms with Crippen LogP contribution < -0.4 is 5.32 Å². The summed E-state index contributed by atoms with van der Waals surface area (Å²) in [7, 11) is 0. The first-order valence-corrected chi connectivity index (χ1v) is 9.88. The molecule has 1 amide bonds. The summed E-state index contributed by atoms with van der Waals surface area (Å²) in [5.41, 5.74) is 2.48. The van der Waals surface area contributed by atoms with E-state index >= 15 is 0 Å². The number of carbonyl (C=O) groups excluding carboxylic acids is 1. The van der Waals surface area contributed by atoms with E-state index in [4.69, 9.17) is 4.74 Å². The highest BCUT2D eigenvalue weighted by atomic mass is 16.5. The van der Waals surface area contributed by atoms with E-state index in [1.54, 1.807) is 6.20 Å². The van der Waals surface area contributed by atoms with Gasteiger partial charge in [-0.1, -0.05) is 43.7 Å². The lowest BCUT2D eigenvalue weighted by Crippen LogP contribution is -2.46. The molecule has 1 N–H and O–H groups in total. The van der Waals surface area contributed by atoms with Crippen molar-refractivity contribution in [1.29, 1.82) is 0 Å². The molecule has 0 spiro atoms. The predicted octanol–water partition coefficient (Wildman–Crippen LogP) is 3.74. The van der Waals surface area contributed by atoms with Gasteiger partial charge in [-0.15, -0.1) is 0 Å². The molecule has 146 valence electrons. The second kappa shape index (κ2) is 8.26. The van der Waals surface area contributed by atoms with E-state index in [9.17, 15) is 4.79 Å². The van der Waals surface area contributed by atoms with Crippen molar-refractivity contribution in [2.75, 3.05) is 19.8 Å². The second-order valence-electron chi connectivity index (χ2n) is 8.00. The molecule has 0 bridgehead atoms. The molecular weight excluding hydrogens is 338 g/mol. The maximum Gasteiger partial charge on any atom is 0.242 e. The molecule has 27 heavy (non-hydrogen) atoms. The van der Waals surface area contributed by atoms with Gasteiger partial charge in [0.2, 0.25) is 5.91 Å². The molecule has 3 rings (SSSR count). The lowest BCUT2D eigenvalue weighted by Gasteiger charge is -2.38. The zero-order valence-corrected chi connectivity index (χ0v) is 16.9. The van der Waals surface area contributed by atoms with Crippen LogP contribution in [0, 0.1) is 6.92 Å². The van der Waals surface area contributed by atoms with Crippen molar-refractivity contribution >= 4 is 5.91 Å². The summed E-state index contributed by atoms with van der Waals surface area (Å²) in [5, 5.41) is 3.22. The highest BCUT2D eigenvalue weighted by molar-refractivity contribution is 5.80. The Morgan fingerprint density at radius 2 is 1.89 bits per heavy atom. The molecule has 0 saturated carbocycles. The number of rotatable bonds is 6. The SMILES string of the molecule is Cc1ccc(C2(CNC(=O)[C@H](C)n3ccnc3C(C)C)CCOCC2)cc1. The summed E-state index contributed by atoms with van der Waals surface area (Å²) in [6.45, 7) is 10.3. The van der Waals surface area contributed by atoms with Gasteiger partial charge in [0.05, 0.1) is 0 Å². The zero-order valence-electron chi connectivity index (χ0n) is 16.9. The number of imidazole rings is 1. The minimum absolute atomic E-state index is 0.0351. The van der Waals surface area contributed by atoms with Gasteiger partial charge in [-0.05, 0) is 32.3 Å². The average Bonchev–Trinajstić information content (AvgIpc) is 3.17. The van der Waals surface area contributed by atoms with E-state index in [2.05, 4.69) is 55.3 Å². The van der Waals surface area contributed by atoms with Crippen molar-refractivity contribution in [2.45, 2.75) is 57.9 Å². The van der Waals surface area contributed by atoms with Crippen LogP contribution in [0.2, 0.25) is 0 Å². The molecule has 1 saturated heterocycles. The van der Waals surface area contributed by atoms with Crippen LogP contribution in [-0.2, 0) is 14.9 Å². The Hall–Kier alpha value is -2.14. The maximum atomic E-state index is 12.9. The number of ether oxygens (including phenoxy) is 1. The van der Waals surface area contributed by atoms with Crippen LogP contribution in [0.5, 0.6) is 0 Å². The van der Waals surface area contributed by atoms with Crippen molar-refractivity contribution in [2.24, 2.45) is 0 Å². The zero-order chi connectivity index (χ0) is 19.4. The lowest BCUT2D eigenvalue weighted by molar-refractivity contribution is -0.124. The fourth-order valence-electron chi connectivity index (χ4n) is 3.87. The molecule has 1 aromatic heterocycles. The van der Waals surface area contributed by atoms with E-state index in [0.717, 1.165) is 31.9 Å². The number of aromatic nitrogens is 2. The Bertz CT molecular complexity index is 758. The van der Waals surface area contributed by atoms with Gasteiger partial charge in [0.25, 0.3) is 0 Å². The van der Waals surface area contributed by atoms with Crippen molar-refractivity contribution in [3.63, 3.8) is 0 Å². The minimum Gasteiger partial charge on any atom is -0.381 e. The number of nitrogens with zero attached hydrogens (tertiary/aromatic N) is 2. The van der Waals surface area contributed by atoms with Gasteiger partial charge in [-0.3, -0.25) is 4.79 Å². The van der Waals surface area contributed by atoms with Crippen LogP contribution in [-0.4, -0.2) is 35.2 Å². The molecule has 1 aliphatic rings. The van der Waals surface area contributed by atoms with E-state index < -0.39 is 0 Å². The summed E-state index contributed by atoms with van der Waals surface area (Å²) in [6.07, 6.45) is 5.51. The third kappa shape index (κ3) is 4.24. The molecule has 1 atom stereocenters. The quantitative estimate of drug-likeness (QED) is 0.844. The molecule has 2 aromatic rings. The van der Waals surface area contributed by atoms with E-state index in [1.807, 2.05) is 17.7 Å². The number of hydrogen-bond acceptors (Lipinski definition) is 3. The first-order valence-electron chi connectivity index (χ1n) is 9.88. The molecule has 1 aliphatic heterocycles. The Balaban J connectivity index is 1.74. The molecule has 0 aliphatic carbocycles. The first-order chi connectivity index (χ1) is 12.9. The largest absolute Gasteiger partial charge is 0.381 e. The number of nitrogens with one attached hydrogen (secondary N) is 1. The topological polar surface area (TPSA) is 56.2 Å². The molecule has 0 radical (unpaired) electrons. The third-order valence-electron chi connectivity index (χ3n) is 5.73. The summed E-state index contributed by atoms with van der Waals surface area (Å²) in [5.74, 6) is 1.26.